The number of nitrogens with zero attached hydrogens (tertiary/aromatic N) is 2. The van der Waals surface area contributed by atoms with E-state index in [0.717, 1.165) is 32.5 Å². The minimum Gasteiger partial charge on any atom is -0.392 e. The molecule has 1 saturated heterocycles. The fourth-order valence-corrected chi connectivity index (χ4v) is 2.74. The molecule has 16 heavy (non-hydrogen) atoms. The zero-order valence-electron chi connectivity index (χ0n) is 11.2. The molecular weight excluding hydrogens is 200 g/mol. The molecule has 0 spiro atoms. The van der Waals surface area contributed by atoms with Crippen molar-refractivity contribution in [1.82, 2.24) is 9.80 Å². The first-order chi connectivity index (χ1) is 7.67. The molecule has 1 N–H and O–H groups in total. The Hall–Kier alpha value is -0.120. The Bertz CT molecular complexity index is 187. The van der Waals surface area contributed by atoms with Crippen molar-refractivity contribution in [2.45, 2.75) is 51.7 Å². The van der Waals surface area contributed by atoms with Crippen LogP contribution >= 0.6 is 0 Å². The molecule has 1 aliphatic rings. The maximum Gasteiger partial charge on any atom is 0.0666 e. The molecule has 0 aromatic carbocycles. The van der Waals surface area contributed by atoms with Crippen molar-refractivity contribution in [2.75, 3.05) is 33.2 Å². The van der Waals surface area contributed by atoms with Crippen molar-refractivity contribution in [1.29, 1.82) is 0 Å². The summed E-state index contributed by atoms with van der Waals surface area (Å²) in [5.41, 5.74) is 0. The van der Waals surface area contributed by atoms with E-state index in [9.17, 15) is 5.11 Å². The van der Waals surface area contributed by atoms with Gasteiger partial charge in [0.05, 0.1) is 6.10 Å². The second-order valence-corrected chi connectivity index (χ2v) is 5.09. The van der Waals surface area contributed by atoms with Gasteiger partial charge in [-0.15, -0.1) is 0 Å². The highest BCUT2D eigenvalue weighted by Crippen LogP contribution is 2.17. The van der Waals surface area contributed by atoms with Crippen LogP contribution in [0.25, 0.3) is 0 Å². The highest BCUT2D eigenvalue weighted by Gasteiger charge is 2.24. The summed E-state index contributed by atoms with van der Waals surface area (Å²) < 4.78 is 0. The summed E-state index contributed by atoms with van der Waals surface area (Å²) in [5, 5.41) is 9.76. The Balaban J connectivity index is 2.24. The molecule has 2 atom stereocenters. The lowest BCUT2D eigenvalue weighted by Crippen LogP contribution is -2.41. The molecule has 0 aliphatic carbocycles. The van der Waals surface area contributed by atoms with E-state index < -0.39 is 0 Å². The number of hydrogen-bond donors (Lipinski definition) is 1. The van der Waals surface area contributed by atoms with Crippen LogP contribution in [0.3, 0.4) is 0 Å². The second kappa shape index (κ2) is 7.25. The topological polar surface area (TPSA) is 26.7 Å². The molecule has 1 aliphatic heterocycles. The molecule has 0 radical (unpaired) electrons. The Morgan fingerprint density at radius 2 is 2.19 bits per heavy atom. The summed E-state index contributed by atoms with van der Waals surface area (Å²) in [6.07, 6.45) is 4.50. The van der Waals surface area contributed by atoms with E-state index in [2.05, 4.69) is 30.7 Å². The number of likely N-dealkylation sites (tertiary alicyclic amines) is 1. The maximum atomic E-state index is 9.76. The Kier molecular flexibility index (Phi) is 6.32. The number of aliphatic hydroxyl groups is 1. The van der Waals surface area contributed by atoms with E-state index in [-0.39, 0.29) is 6.10 Å². The van der Waals surface area contributed by atoms with Crippen molar-refractivity contribution in [3.05, 3.63) is 0 Å². The average Bonchev–Trinajstić information content (AvgIpc) is 2.65. The van der Waals surface area contributed by atoms with Crippen LogP contribution in [-0.4, -0.2) is 60.3 Å². The Morgan fingerprint density at radius 3 is 2.81 bits per heavy atom. The molecule has 0 aromatic heterocycles. The highest BCUT2D eigenvalue weighted by molar-refractivity contribution is 4.81. The van der Waals surface area contributed by atoms with Gasteiger partial charge in [-0.3, -0.25) is 4.90 Å². The predicted molar refractivity (Wildman–Crippen MR) is 68.7 cm³/mol. The summed E-state index contributed by atoms with van der Waals surface area (Å²) in [6.45, 7) is 8.71. The summed E-state index contributed by atoms with van der Waals surface area (Å²) in [6, 6.07) is 0.712. The molecule has 0 aromatic rings. The smallest absolute Gasteiger partial charge is 0.0666 e. The van der Waals surface area contributed by atoms with Crippen LogP contribution in [0.4, 0.5) is 0 Å². The lowest BCUT2D eigenvalue weighted by Gasteiger charge is -2.28. The maximum absolute atomic E-state index is 9.76. The highest BCUT2D eigenvalue weighted by atomic mass is 16.3. The SMILES string of the molecule is CCCC(O)CN(C)CC1CCCN1CC. The van der Waals surface area contributed by atoms with Gasteiger partial charge in [-0.1, -0.05) is 20.3 Å². The van der Waals surface area contributed by atoms with Gasteiger partial charge in [-0.2, -0.15) is 0 Å². The van der Waals surface area contributed by atoms with Gasteiger partial charge in [0.2, 0.25) is 0 Å². The standard InChI is InChI=1S/C13H28N2O/c1-4-7-13(16)11-14(3)10-12-8-6-9-15(12)5-2/h12-13,16H,4-11H2,1-3H3. The third-order valence-electron chi connectivity index (χ3n) is 3.57. The first-order valence-corrected chi connectivity index (χ1v) is 6.78. The van der Waals surface area contributed by atoms with E-state index in [4.69, 9.17) is 0 Å². The monoisotopic (exact) mass is 228 g/mol. The Morgan fingerprint density at radius 1 is 1.44 bits per heavy atom. The van der Waals surface area contributed by atoms with Gasteiger partial charge in [0.15, 0.2) is 0 Å². The van der Waals surface area contributed by atoms with Gasteiger partial charge >= 0.3 is 0 Å². The Labute approximate surface area is 100 Å². The molecule has 0 bridgehead atoms. The normalized spacial score (nSPS) is 24.2. The van der Waals surface area contributed by atoms with E-state index in [1.165, 1.54) is 19.4 Å². The lowest BCUT2D eigenvalue weighted by atomic mass is 10.1. The molecule has 96 valence electrons. The largest absolute Gasteiger partial charge is 0.392 e. The third-order valence-corrected chi connectivity index (χ3v) is 3.57. The van der Waals surface area contributed by atoms with Crippen LogP contribution in [0.1, 0.15) is 39.5 Å². The molecule has 0 saturated carbocycles. The van der Waals surface area contributed by atoms with Crippen LogP contribution < -0.4 is 0 Å². The van der Waals surface area contributed by atoms with Gasteiger partial charge in [0.25, 0.3) is 0 Å². The molecule has 3 heteroatoms. The molecule has 1 heterocycles. The van der Waals surface area contributed by atoms with E-state index in [1.54, 1.807) is 0 Å². The minimum absolute atomic E-state index is 0.147. The van der Waals surface area contributed by atoms with Crippen molar-refractivity contribution in [2.24, 2.45) is 0 Å². The second-order valence-electron chi connectivity index (χ2n) is 5.09. The minimum atomic E-state index is -0.147. The van der Waals surface area contributed by atoms with Gasteiger partial charge in [-0.25, -0.2) is 0 Å². The molecule has 1 fully saturated rings. The quantitative estimate of drug-likeness (QED) is 0.716. The molecule has 0 amide bonds. The van der Waals surface area contributed by atoms with Crippen molar-refractivity contribution < 1.29 is 5.11 Å². The average molecular weight is 228 g/mol. The third kappa shape index (κ3) is 4.40. The van der Waals surface area contributed by atoms with E-state index >= 15 is 0 Å². The molecule has 3 nitrogen and oxygen atoms in total. The van der Waals surface area contributed by atoms with Crippen LogP contribution in [0.15, 0.2) is 0 Å². The van der Waals surface area contributed by atoms with Gasteiger partial charge in [0, 0.05) is 19.1 Å². The summed E-state index contributed by atoms with van der Waals surface area (Å²) in [5.74, 6) is 0. The number of aliphatic hydroxyl groups excluding tert-OH is 1. The molecule has 1 rings (SSSR count). The van der Waals surface area contributed by atoms with Gasteiger partial charge < -0.3 is 10.0 Å². The summed E-state index contributed by atoms with van der Waals surface area (Å²) >= 11 is 0. The van der Waals surface area contributed by atoms with Crippen LogP contribution in [0, 0.1) is 0 Å². The summed E-state index contributed by atoms with van der Waals surface area (Å²) in [4.78, 5) is 4.85. The van der Waals surface area contributed by atoms with Gasteiger partial charge in [0.1, 0.15) is 0 Å². The van der Waals surface area contributed by atoms with E-state index in [0.29, 0.717) is 6.04 Å². The molecular formula is C13H28N2O. The first kappa shape index (κ1) is 13.9. The first-order valence-electron chi connectivity index (χ1n) is 6.78. The van der Waals surface area contributed by atoms with Crippen LogP contribution in [-0.2, 0) is 0 Å². The van der Waals surface area contributed by atoms with Crippen LogP contribution in [0.5, 0.6) is 0 Å². The molecule has 2 unspecified atom stereocenters. The summed E-state index contributed by atoms with van der Waals surface area (Å²) in [7, 11) is 2.13. The predicted octanol–water partition coefficient (Wildman–Crippen LogP) is 1.56. The number of hydrogen-bond acceptors (Lipinski definition) is 3. The number of likely N-dealkylation sites (N-methyl/N-ethyl adjacent to an activating group) is 2. The van der Waals surface area contributed by atoms with Crippen molar-refractivity contribution >= 4 is 0 Å². The van der Waals surface area contributed by atoms with Gasteiger partial charge in [-0.05, 0) is 39.4 Å². The van der Waals surface area contributed by atoms with E-state index in [1.807, 2.05) is 0 Å². The van der Waals surface area contributed by atoms with Crippen LogP contribution in [0.2, 0.25) is 0 Å². The zero-order valence-corrected chi connectivity index (χ0v) is 11.2. The fraction of sp³-hybridized carbons (Fsp3) is 1.00. The fourth-order valence-electron chi connectivity index (χ4n) is 2.74. The van der Waals surface area contributed by atoms with Crippen molar-refractivity contribution in [3.63, 3.8) is 0 Å². The van der Waals surface area contributed by atoms with Crippen molar-refractivity contribution in [3.8, 4) is 0 Å². The number of rotatable bonds is 7. The zero-order chi connectivity index (χ0) is 12.0. The lowest BCUT2D eigenvalue weighted by molar-refractivity contribution is 0.102.